The van der Waals surface area contributed by atoms with E-state index in [0.717, 1.165) is 31.4 Å². The van der Waals surface area contributed by atoms with Crippen molar-refractivity contribution in [1.82, 2.24) is 4.90 Å². The van der Waals surface area contributed by atoms with Crippen molar-refractivity contribution in [2.75, 3.05) is 32.1 Å². The normalized spacial score (nSPS) is 10.6. The maximum atomic E-state index is 11.9. The Labute approximate surface area is 131 Å². The second-order valence-corrected chi connectivity index (χ2v) is 5.46. The number of amides is 1. The van der Waals surface area contributed by atoms with Gasteiger partial charge in [0.2, 0.25) is 5.91 Å². The summed E-state index contributed by atoms with van der Waals surface area (Å²) in [5.41, 5.74) is 7.00. The number of hydrogen-bond donors (Lipinski definition) is 3. The molecule has 0 aliphatic rings. The molecule has 0 heterocycles. The standard InChI is InChI=1S/C15H23N3O2S/c1-18(8-3-2-4-9-19)11-14(20)17-13-7-5-6-12(10-13)15(16)21/h5-7,10,19H,2-4,8-9,11H2,1H3,(H2,16,21)(H,17,20). The summed E-state index contributed by atoms with van der Waals surface area (Å²) in [4.78, 5) is 14.2. The summed E-state index contributed by atoms with van der Waals surface area (Å²) in [7, 11) is 1.91. The molecular weight excluding hydrogens is 286 g/mol. The predicted octanol–water partition coefficient (Wildman–Crippen LogP) is 1.35. The first-order valence-corrected chi connectivity index (χ1v) is 7.43. The first-order chi connectivity index (χ1) is 10.0. The highest BCUT2D eigenvalue weighted by Gasteiger charge is 2.07. The quantitative estimate of drug-likeness (QED) is 0.474. The fourth-order valence-corrected chi connectivity index (χ4v) is 2.07. The van der Waals surface area contributed by atoms with Gasteiger partial charge in [0.1, 0.15) is 4.99 Å². The highest BCUT2D eigenvalue weighted by atomic mass is 32.1. The molecule has 0 aliphatic heterocycles. The number of anilines is 1. The summed E-state index contributed by atoms with van der Waals surface area (Å²) >= 11 is 4.91. The van der Waals surface area contributed by atoms with E-state index >= 15 is 0 Å². The number of thiocarbonyl (C=S) groups is 1. The van der Waals surface area contributed by atoms with Gasteiger partial charge in [0.05, 0.1) is 6.54 Å². The van der Waals surface area contributed by atoms with Crippen LogP contribution < -0.4 is 11.1 Å². The van der Waals surface area contributed by atoms with Crippen LogP contribution in [0.4, 0.5) is 5.69 Å². The van der Waals surface area contributed by atoms with Crippen LogP contribution >= 0.6 is 12.2 Å². The third-order valence-electron chi connectivity index (χ3n) is 3.04. The zero-order valence-electron chi connectivity index (χ0n) is 12.3. The van der Waals surface area contributed by atoms with Crippen molar-refractivity contribution in [3.05, 3.63) is 29.8 Å². The van der Waals surface area contributed by atoms with Gasteiger partial charge in [-0.3, -0.25) is 9.69 Å². The molecule has 0 spiro atoms. The van der Waals surface area contributed by atoms with E-state index in [1.807, 2.05) is 24.1 Å². The van der Waals surface area contributed by atoms with E-state index in [2.05, 4.69) is 5.32 Å². The van der Waals surface area contributed by atoms with Gasteiger partial charge >= 0.3 is 0 Å². The largest absolute Gasteiger partial charge is 0.396 e. The molecule has 0 saturated heterocycles. The van der Waals surface area contributed by atoms with Crippen molar-refractivity contribution in [1.29, 1.82) is 0 Å². The topological polar surface area (TPSA) is 78.6 Å². The van der Waals surface area contributed by atoms with Crippen LogP contribution in [0.2, 0.25) is 0 Å². The second-order valence-electron chi connectivity index (χ2n) is 5.02. The van der Waals surface area contributed by atoms with E-state index in [1.54, 1.807) is 12.1 Å². The highest BCUT2D eigenvalue weighted by molar-refractivity contribution is 7.80. The summed E-state index contributed by atoms with van der Waals surface area (Å²) in [6, 6.07) is 7.19. The van der Waals surface area contributed by atoms with Crippen LogP contribution in [0.3, 0.4) is 0 Å². The Hall–Kier alpha value is -1.50. The fraction of sp³-hybridized carbons (Fsp3) is 0.467. The van der Waals surface area contributed by atoms with Crippen molar-refractivity contribution in [2.45, 2.75) is 19.3 Å². The molecular formula is C15H23N3O2S. The molecule has 0 bridgehead atoms. The molecule has 5 nitrogen and oxygen atoms in total. The van der Waals surface area contributed by atoms with Crippen molar-refractivity contribution < 1.29 is 9.90 Å². The number of likely N-dealkylation sites (N-methyl/N-ethyl adjacent to an activating group) is 1. The van der Waals surface area contributed by atoms with Gasteiger partial charge in [-0.05, 0) is 45.0 Å². The number of nitrogens with one attached hydrogen (secondary N) is 1. The van der Waals surface area contributed by atoms with Crippen LogP contribution in [0.15, 0.2) is 24.3 Å². The number of carbonyl (C=O) groups is 1. The lowest BCUT2D eigenvalue weighted by Crippen LogP contribution is -2.31. The average Bonchev–Trinajstić information content (AvgIpc) is 2.43. The number of aliphatic hydroxyl groups excluding tert-OH is 1. The summed E-state index contributed by atoms with van der Waals surface area (Å²) in [6.45, 7) is 1.39. The van der Waals surface area contributed by atoms with Crippen LogP contribution in [-0.2, 0) is 4.79 Å². The maximum absolute atomic E-state index is 11.9. The van der Waals surface area contributed by atoms with E-state index < -0.39 is 0 Å². The molecule has 1 aromatic carbocycles. The molecule has 0 aliphatic carbocycles. The molecule has 1 amide bonds. The van der Waals surface area contributed by atoms with Gasteiger partial charge in [-0.15, -0.1) is 0 Å². The molecule has 0 atom stereocenters. The lowest BCUT2D eigenvalue weighted by Gasteiger charge is -2.16. The lowest BCUT2D eigenvalue weighted by atomic mass is 10.2. The van der Waals surface area contributed by atoms with Gasteiger partial charge in [0.15, 0.2) is 0 Å². The molecule has 21 heavy (non-hydrogen) atoms. The minimum atomic E-state index is -0.0697. The van der Waals surface area contributed by atoms with Crippen molar-refractivity contribution >= 4 is 28.8 Å². The molecule has 1 rings (SSSR count). The zero-order chi connectivity index (χ0) is 15.7. The lowest BCUT2D eigenvalue weighted by molar-refractivity contribution is -0.117. The molecule has 0 unspecified atom stereocenters. The van der Waals surface area contributed by atoms with E-state index in [0.29, 0.717) is 17.2 Å². The summed E-state index contributed by atoms with van der Waals surface area (Å²) in [5.74, 6) is -0.0697. The van der Waals surface area contributed by atoms with Gasteiger partial charge in [-0.1, -0.05) is 24.4 Å². The SMILES string of the molecule is CN(CCCCCO)CC(=O)Nc1cccc(C(N)=S)c1. The van der Waals surface area contributed by atoms with E-state index in [-0.39, 0.29) is 12.5 Å². The van der Waals surface area contributed by atoms with E-state index in [4.69, 9.17) is 23.1 Å². The smallest absolute Gasteiger partial charge is 0.238 e. The number of hydrogen-bond acceptors (Lipinski definition) is 4. The minimum Gasteiger partial charge on any atom is -0.396 e. The summed E-state index contributed by atoms with van der Waals surface area (Å²) in [5, 5.41) is 11.5. The molecule has 0 saturated carbocycles. The second kappa shape index (κ2) is 9.44. The molecule has 0 radical (unpaired) electrons. The minimum absolute atomic E-state index is 0.0697. The number of carbonyl (C=O) groups excluding carboxylic acids is 1. The highest BCUT2D eigenvalue weighted by Crippen LogP contribution is 2.10. The summed E-state index contributed by atoms with van der Waals surface area (Å²) < 4.78 is 0. The average molecular weight is 309 g/mol. The Kier molecular flexibility index (Phi) is 7.89. The first kappa shape index (κ1) is 17.6. The monoisotopic (exact) mass is 309 g/mol. The Morgan fingerprint density at radius 1 is 1.38 bits per heavy atom. The Bertz CT molecular complexity index is 480. The summed E-state index contributed by atoms with van der Waals surface area (Å²) in [6.07, 6.45) is 2.76. The third-order valence-corrected chi connectivity index (χ3v) is 3.28. The Morgan fingerprint density at radius 3 is 2.81 bits per heavy atom. The van der Waals surface area contributed by atoms with Crippen LogP contribution in [0.1, 0.15) is 24.8 Å². The van der Waals surface area contributed by atoms with Gasteiger partial charge in [-0.25, -0.2) is 0 Å². The number of rotatable bonds is 9. The number of nitrogens with zero attached hydrogens (tertiary/aromatic N) is 1. The number of benzene rings is 1. The third kappa shape index (κ3) is 7.17. The van der Waals surface area contributed by atoms with Gasteiger partial charge in [-0.2, -0.15) is 0 Å². The molecule has 4 N–H and O–H groups in total. The van der Waals surface area contributed by atoms with Crippen LogP contribution in [0.5, 0.6) is 0 Å². The number of nitrogens with two attached hydrogens (primary N) is 1. The first-order valence-electron chi connectivity index (χ1n) is 7.02. The molecule has 116 valence electrons. The van der Waals surface area contributed by atoms with Crippen molar-refractivity contribution in [3.63, 3.8) is 0 Å². The molecule has 0 aromatic heterocycles. The molecule has 0 fully saturated rings. The van der Waals surface area contributed by atoms with Crippen LogP contribution in [0.25, 0.3) is 0 Å². The maximum Gasteiger partial charge on any atom is 0.238 e. The predicted molar refractivity (Wildman–Crippen MR) is 89.4 cm³/mol. The van der Waals surface area contributed by atoms with Crippen molar-refractivity contribution in [3.8, 4) is 0 Å². The molecule has 6 heteroatoms. The van der Waals surface area contributed by atoms with E-state index in [9.17, 15) is 4.79 Å². The fourth-order valence-electron chi connectivity index (χ4n) is 1.95. The Morgan fingerprint density at radius 2 is 2.14 bits per heavy atom. The van der Waals surface area contributed by atoms with Gasteiger partial charge < -0.3 is 16.2 Å². The van der Waals surface area contributed by atoms with Gasteiger partial charge in [0.25, 0.3) is 0 Å². The van der Waals surface area contributed by atoms with E-state index in [1.165, 1.54) is 0 Å². The zero-order valence-corrected chi connectivity index (χ0v) is 13.2. The number of unbranched alkanes of at least 4 members (excludes halogenated alkanes) is 2. The van der Waals surface area contributed by atoms with Crippen LogP contribution in [-0.4, -0.2) is 47.6 Å². The molecule has 1 aromatic rings. The number of aliphatic hydroxyl groups is 1. The van der Waals surface area contributed by atoms with Crippen LogP contribution in [0, 0.1) is 0 Å². The van der Waals surface area contributed by atoms with Crippen molar-refractivity contribution in [2.24, 2.45) is 5.73 Å². The van der Waals surface area contributed by atoms with Gasteiger partial charge in [0, 0.05) is 17.9 Å². The Balaban J connectivity index is 2.39.